The highest BCUT2D eigenvalue weighted by molar-refractivity contribution is 5.91. The van der Waals surface area contributed by atoms with E-state index >= 15 is 0 Å². The lowest BCUT2D eigenvalue weighted by Crippen LogP contribution is -2.25. The number of carbonyl (C=O) groups excluding carboxylic acids is 1. The van der Waals surface area contributed by atoms with Crippen LogP contribution in [0.4, 0.5) is 0 Å². The molecular formula is C20H17N2O4-. The number of carbonyl (C=O) groups is 1. The van der Waals surface area contributed by atoms with Crippen molar-refractivity contribution in [3.8, 4) is 5.75 Å². The minimum Gasteiger partial charge on any atom is -0.545 e. The van der Waals surface area contributed by atoms with Crippen molar-refractivity contribution in [2.45, 2.75) is 13.5 Å². The number of aryl methyl sites for hydroxylation is 1. The molecule has 0 aliphatic rings. The predicted molar refractivity (Wildman–Crippen MR) is 97.9 cm³/mol. The molecule has 1 heterocycles. The van der Waals surface area contributed by atoms with Gasteiger partial charge in [0.15, 0.2) is 0 Å². The Morgan fingerprint density at radius 1 is 1.23 bits per heavy atom. The van der Waals surface area contributed by atoms with Crippen LogP contribution in [0.5, 0.6) is 5.75 Å². The van der Waals surface area contributed by atoms with Gasteiger partial charge in [-0.2, -0.15) is 0 Å². The number of para-hydroxylation sites is 1. The first kappa shape index (κ1) is 17.4. The van der Waals surface area contributed by atoms with E-state index in [4.69, 9.17) is 4.74 Å². The summed E-state index contributed by atoms with van der Waals surface area (Å²) in [6, 6.07) is 11.8. The molecule has 26 heavy (non-hydrogen) atoms. The van der Waals surface area contributed by atoms with Gasteiger partial charge in [0.05, 0.1) is 24.1 Å². The van der Waals surface area contributed by atoms with E-state index in [0.29, 0.717) is 23.3 Å². The average Bonchev–Trinajstić information content (AvgIpc) is 2.66. The van der Waals surface area contributed by atoms with Gasteiger partial charge in [0.1, 0.15) is 11.4 Å². The second-order valence-electron chi connectivity index (χ2n) is 5.61. The Hall–Kier alpha value is -3.41. The fraction of sp³-hybridized carbons (Fsp3) is 0.150. The fourth-order valence-electron chi connectivity index (χ4n) is 2.79. The van der Waals surface area contributed by atoms with Crippen molar-refractivity contribution in [1.82, 2.24) is 9.55 Å². The quantitative estimate of drug-likeness (QED) is 0.703. The molecule has 0 amide bonds. The van der Waals surface area contributed by atoms with Gasteiger partial charge in [-0.05, 0) is 42.8 Å². The van der Waals surface area contributed by atoms with Crippen LogP contribution >= 0.6 is 0 Å². The third-order valence-electron chi connectivity index (χ3n) is 4.08. The molecule has 6 nitrogen and oxygen atoms in total. The summed E-state index contributed by atoms with van der Waals surface area (Å²) in [6.07, 6.45) is 3.36. The van der Waals surface area contributed by atoms with Gasteiger partial charge in [-0.15, -0.1) is 0 Å². The third-order valence-corrected chi connectivity index (χ3v) is 4.08. The molecule has 132 valence electrons. The van der Waals surface area contributed by atoms with E-state index in [-0.39, 0.29) is 16.8 Å². The minimum atomic E-state index is -1.28. The van der Waals surface area contributed by atoms with Gasteiger partial charge in [-0.3, -0.25) is 4.79 Å². The third kappa shape index (κ3) is 3.21. The molecule has 0 saturated heterocycles. The van der Waals surface area contributed by atoms with Crippen molar-refractivity contribution >= 4 is 29.2 Å². The summed E-state index contributed by atoms with van der Waals surface area (Å²) in [6.45, 7) is 2.29. The predicted octanol–water partition coefficient (Wildman–Crippen LogP) is 1.96. The summed E-state index contributed by atoms with van der Waals surface area (Å²) >= 11 is 0. The summed E-state index contributed by atoms with van der Waals surface area (Å²) in [5.41, 5.74) is 1.81. The summed E-state index contributed by atoms with van der Waals surface area (Å²) in [4.78, 5) is 28.1. The minimum absolute atomic E-state index is 0.0194. The highest BCUT2D eigenvalue weighted by atomic mass is 16.5. The number of aromatic carboxylic acids is 1. The SMILES string of the molecule is CCn1c(=O)c(/C=C/c2ccccc2OC)nc2cc(C(=O)[O-])ccc21. The van der Waals surface area contributed by atoms with Crippen molar-refractivity contribution in [2.24, 2.45) is 0 Å². The van der Waals surface area contributed by atoms with E-state index < -0.39 is 5.97 Å². The smallest absolute Gasteiger partial charge is 0.276 e. The van der Waals surface area contributed by atoms with Gasteiger partial charge < -0.3 is 19.2 Å². The first-order chi connectivity index (χ1) is 12.5. The Balaban J connectivity index is 2.16. The lowest BCUT2D eigenvalue weighted by molar-refractivity contribution is -0.255. The van der Waals surface area contributed by atoms with Crippen LogP contribution < -0.4 is 15.4 Å². The van der Waals surface area contributed by atoms with Gasteiger partial charge in [0.25, 0.3) is 5.56 Å². The van der Waals surface area contributed by atoms with Crippen molar-refractivity contribution in [3.05, 3.63) is 69.6 Å². The lowest BCUT2D eigenvalue weighted by atomic mass is 10.1. The fourth-order valence-corrected chi connectivity index (χ4v) is 2.79. The maximum atomic E-state index is 12.7. The van der Waals surface area contributed by atoms with E-state index in [9.17, 15) is 14.7 Å². The number of methoxy groups -OCH3 is 1. The zero-order valence-electron chi connectivity index (χ0n) is 14.4. The number of hydrogen-bond acceptors (Lipinski definition) is 5. The zero-order valence-corrected chi connectivity index (χ0v) is 14.4. The number of fused-ring (bicyclic) bond motifs is 1. The molecule has 0 atom stereocenters. The number of ether oxygens (including phenoxy) is 1. The van der Waals surface area contributed by atoms with Gasteiger partial charge in [-0.1, -0.05) is 24.3 Å². The maximum Gasteiger partial charge on any atom is 0.276 e. The van der Waals surface area contributed by atoms with E-state index in [2.05, 4.69) is 4.98 Å². The molecule has 0 bridgehead atoms. The van der Waals surface area contributed by atoms with Gasteiger partial charge in [0.2, 0.25) is 0 Å². The van der Waals surface area contributed by atoms with Crippen LogP contribution in [0.3, 0.4) is 0 Å². The molecule has 0 radical (unpaired) electrons. The Morgan fingerprint density at radius 3 is 2.69 bits per heavy atom. The second-order valence-corrected chi connectivity index (χ2v) is 5.61. The molecule has 3 aromatic rings. The highest BCUT2D eigenvalue weighted by Crippen LogP contribution is 2.20. The molecule has 0 saturated carbocycles. The standard InChI is InChI=1S/C20H18N2O4/c1-3-22-17-11-9-14(20(24)25)12-16(17)21-15(19(22)23)10-8-13-6-4-5-7-18(13)26-2/h4-12H,3H2,1-2H3,(H,24,25)/p-1/b10-8+. The van der Waals surface area contributed by atoms with Crippen molar-refractivity contribution in [3.63, 3.8) is 0 Å². The van der Waals surface area contributed by atoms with Gasteiger partial charge in [-0.25, -0.2) is 4.98 Å². The molecule has 6 heteroatoms. The largest absolute Gasteiger partial charge is 0.545 e. The van der Waals surface area contributed by atoms with Crippen molar-refractivity contribution in [1.29, 1.82) is 0 Å². The number of hydrogen-bond donors (Lipinski definition) is 0. The Labute approximate surface area is 150 Å². The Bertz CT molecular complexity index is 1070. The van der Waals surface area contributed by atoms with E-state index in [1.807, 2.05) is 31.2 Å². The number of benzene rings is 2. The second kappa shape index (κ2) is 7.23. The number of rotatable bonds is 5. The molecule has 3 rings (SSSR count). The first-order valence-corrected chi connectivity index (χ1v) is 8.12. The number of carboxylic acids is 1. The van der Waals surface area contributed by atoms with Crippen LogP contribution in [0.1, 0.15) is 28.5 Å². The molecule has 0 fully saturated rings. The van der Waals surface area contributed by atoms with E-state index in [1.165, 1.54) is 12.1 Å². The summed E-state index contributed by atoms with van der Waals surface area (Å²) in [5.74, 6) is -0.603. The Morgan fingerprint density at radius 2 is 2.00 bits per heavy atom. The molecule has 0 N–H and O–H groups in total. The molecule has 0 unspecified atom stereocenters. The summed E-state index contributed by atoms with van der Waals surface area (Å²) in [5, 5.41) is 11.1. The maximum absolute atomic E-state index is 12.7. The van der Waals surface area contributed by atoms with E-state index in [1.54, 1.807) is 29.9 Å². The van der Waals surface area contributed by atoms with Crippen LogP contribution in [-0.2, 0) is 6.54 Å². The van der Waals surface area contributed by atoms with Crippen molar-refractivity contribution in [2.75, 3.05) is 7.11 Å². The molecule has 1 aromatic heterocycles. The normalized spacial score (nSPS) is 11.2. The monoisotopic (exact) mass is 349 g/mol. The summed E-state index contributed by atoms with van der Waals surface area (Å²) < 4.78 is 6.85. The highest BCUT2D eigenvalue weighted by Gasteiger charge is 2.09. The summed E-state index contributed by atoms with van der Waals surface area (Å²) in [7, 11) is 1.58. The topological polar surface area (TPSA) is 84.2 Å². The van der Waals surface area contributed by atoms with Crippen molar-refractivity contribution < 1.29 is 14.6 Å². The average molecular weight is 349 g/mol. The lowest BCUT2D eigenvalue weighted by Gasteiger charge is -2.11. The number of nitrogens with zero attached hydrogens (tertiary/aromatic N) is 2. The zero-order chi connectivity index (χ0) is 18.7. The van der Waals surface area contributed by atoms with E-state index in [0.717, 1.165) is 5.56 Å². The van der Waals surface area contributed by atoms with Crippen LogP contribution in [0.2, 0.25) is 0 Å². The molecular weight excluding hydrogens is 332 g/mol. The van der Waals surface area contributed by atoms with Gasteiger partial charge >= 0.3 is 0 Å². The number of carboxylic acid groups (broad SMARTS) is 1. The van der Waals surface area contributed by atoms with Crippen LogP contribution in [0, 0.1) is 0 Å². The molecule has 0 aliphatic carbocycles. The molecule has 2 aromatic carbocycles. The van der Waals surface area contributed by atoms with Gasteiger partial charge in [0, 0.05) is 12.1 Å². The van der Waals surface area contributed by atoms with Crippen LogP contribution in [-0.4, -0.2) is 22.6 Å². The first-order valence-electron chi connectivity index (χ1n) is 8.12. The molecule has 0 spiro atoms. The van der Waals surface area contributed by atoms with Crippen LogP contribution in [0.15, 0.2) is 47.3 Å². The molecule has 0 aliphatic heterocycles. The van der Waals surface area contributed by atoms with Crippen LogP contribution in [0.25, 0.3) is 23.2 Å². The number of aromatic nitrogens is 2. The Kier molecular flexibility index (Phi) is 4.84.